The van der Waals surface area contributed by atoms with Crippen molar-refractivity contribution in [2.24, 2.45) is 0 Å². The summed E-state index contributed by atoms with van der Waals surface area (Å²) in [7, 11) is -3.25. The molecule has 3 rings (SSSR count). The summed E-state index contributed by atoms with van der Waals surface area (Å²) in [5, 5.41) is 0. The van der Waals surface area contributed by atoms with Crippen LogP contribution in [0.3, 0.4) is 0 Å². The number of benzene rings is 1. The molecule has 0 N–H and O–H groups in total. The highest BCUT2D eigenvalue weighted by molar-refractivity contribution is 7.91. The highest BCUT2D eigenvalue weighted by Gasteiger charge is 2.22. The molecule has 6 heteroatoms. The molecule has 128 valence electrons. The van der Waals surface area contributed by atoms with E-state index in [1.165, 1.54) is 0 Å². The van der Waals surface area contributed by atoms with Crippen LogP contribution in [0, 0.1) is 0 Å². The molecule has 0 saturated heterocycles. The van der Waals surface area contributed by atoms with Gasteiger partial charge in [0.15, 0.2) is 9.84 Å². The quantitative estimate of drug-likeness (QED) is 0.754. The molecule has 0 spiro atoms. The van der Waals surface area contributed by atoms with E-state index in [1.807, 2.05) is 11.0 Å². The summed E-state index contributed by atoms with van der Waals surface area (Å²) in [6.45, 7) is 1.26. The average Bonchev–Trinajstić information content (AvgIpc) is 3.07. The molecule has 0 fully saturated rings. The number of nitrogens with zero attached hydrogens (tertiary/aromatic N) is 1. The number of carbonyl (C=O) groups is 1. The Morgan fingerprint density at radius 2 is 1.92 bits per heavy atom. The van der Waals surface area contributed by atoms with Crippen LogP contribution in [0.25, 0.3) is 0 Å². The van der Waals surface area contributed by atoms with E-state index in [1.54, 1.807) is 36.6 Å². The summed E-state index contributed by atoms with van der Waals surface area (Å²) in [5.74, 6) is 1.13. The number of unbranched alkanes of at least 4 members (excludes halogenated alkanes) is 1. The van der Waals surface area contributed by atoms with Crippen molar-refractivity contribution < 1.29 is 17.6 Å². The summed E-state index contributed by atoms with van der Waals surface area (Å²) in [4.78, 5) is 14.4. The molecular weight excluding hydrogens is 326 g/mol. The molecule has 2 heterocycles. The van der Waals surface area contributed by atoms with E-state index in [0.717, 1.165) is 17.7 Å². The van der Waals surface area contributed by atoms with Gasteiger partial charge in [0, 0.05) is 31.5 Å². The number of furan rings is 1. The molecule has 1 amide bonds. The zero-order valence-electron chi connectivity index (χ0n) is 13.5. The molecule has 0 radical (unpaired) electrons. The Morgan fingerprint density at radius 3 is 2.71 bits per heavy atom. The second-order valence-corrected chi connectivity index (χ2v) is 8.13. The van der Waals surface area contributed by atoms with Crippen LogP contribution in [-0.4, -0.2) is 31.5 Å². The van der Waals surface area contributed by atoms with E-state index in [9.17, 15) is 13.2 Å². The lowest BCUT2D eigenvalue weighted by Gasteiger charge is -2.26. The molecule has 1 aromatic carbocycles. The van der Waals surface area contributed by atoms with E-state index in [-0.39, 0.29) is 11.7 Å². The van der Waals surface area contributed by atoms with Crippen LogP contribution in [0.4, 0.5) is 0 Å². The average molecular weight is 347 g/mol. The van der Waals surface area contributed by atoms with Gasteiger partial charge >= 0.3 is 0 Å². The minimum Gasteiger partial charge on any atom is -0.469 e. The first-order chi connectivity index (χ1) is 11.6. The zero-order chi connectivity index (χ0) is 17.0. The highest BCUT2D eigenvalue weighted by atomic mass is 32.2. The number of sulfone groups is 1. The van der Waals surface area contributed by atoms with Crippen LogP contribution in [0.5, 0.6) is 0 Å². The van der Waals surface area contributed by atoms with Crippen LogP contribution in [0.1, 0.15) is 30.6 Å². The van der Waals surface area contributed by atoms with Crippen LogP contribution in [0.15, 0.2) is 52.0 Å². The van der Waals surface area contributed by atoms with Crippen molar-refractivity contribution in [1.29, 1.82) is 0 Å². The van der Waals surface area contributed by atoms with E-state index in [2.05, 4.69) is 0 Å². The Kier molecular flexibility index (Phi) is 5.04. The highest BCUT2D eigenvalue weighted by Crippen LogP contribution is 2.21. The predicted octanol–water partition coefficient (Wildman–Crippen LogP) is 2.81. The Bertz CT molecular complexity index is 795. The monoisotopic (exact) mass is 347 g/mol. The lowest BCUT2D eigenvalue weighted by Crippen LogP contribution is -2.35. The Labute approximate surface area is 142 Å². The molecule has 2 aromatic rings. The molecule has 1 aromatic heterocycles. The third kappa shape index (κ3) is 3.87. The van der Waals surface area contributed by atoms with Gasteiger partial charge < -0.3 is 9.32 Å². The molecule has 5 nitrogen and oxygen atoms in total. The first-order valence-electron chi connectivity index (χ1n) is 8.17. The minimum absolute atomic E-state index is 0.0795. The molecule has 0 aliphatic carbocycles. The van der Waals surface area contributed by atoms with Gasteiger partial charge in [0.05, 0.1) is 16.9 Å². The number of hydrogen-bond donors (Lipinski definition) is 0. The van der Waals surface area contributed by atoms with Crippen LogP contribution >= 0.6 is 0 Å². The van der Waals surface area contributed by atoms with E-state index < -0.39 is 9.84 Å². The number of rotatable bonds is 6. The molecule has 1 aliphatic heterocycles. The van der Waals surface area contributed by atoms with Gasteiger partial charge in [-0.05, 0) is 31.0 Å². The number of carbonyl (C=O) groups excluding carboxylic acids is 1. The largest absolute Gasteiger partial charge is 0.469 e. The second kappa shape index (κ2) is 7.21. The molecule has 0 atom stereocenters. The maximum atomic E-state index is 12.3. The maximum absolute atomic E-state index is 12.3. The molecule has 1 aliphatic rings. The summed E-state index contributed by atoms with van der Waals surface area (Å²) in [6.07, 6.45) is 3.87. The Morgan fingerprint density at radius 1 is 1.12 bits per heavy atom. The summed E-state index contributed by atoms with van der Waals surface area (Å²) < 4.78 is 29.7. The van der Waals surface area contributed by atoms with Gasteiger partial charge in [-0.1, -0.05) is 18.2 Å². The maximum Gasteiger partial charge on any atom is 0.222 e. The van der Waals surface area contributed by atoms with E-state index >= 15 is 0 Å². The number of amides is 1. The summed E-state index contributed by atoms with van der Waals surface area (Å²) in [6, 6.07) is 10.4. The van der Waals surface area contributed by atoms with Gasteiger partial charge in [0.1, 0.15) is 5.76 Å². The van der Waals surface area contributed by atoms with Crippen LogP contribution in [-0.2, 0) is 27.6 Å². The SMILES string of the molecule is O=C(CCCCS(=O)(=O)c1ccccc1)N1CCc2occc2C1. The Balaban J connectivity index is 1.45. The van der Waals surface area contributed by atoms with Crippen molar-refractivity contribution >= 4 is 15.7 Å². The number of fused-ring (bicyclic) bond motifs is 1. The van der Waals surface area contributed by atoms with Crippen molar-refractivity contribution in [1.82, 2.24) is 4.90 Å². The smallest absolute Gasteiger partial charge is 0.222 e. The Hall–Kier alpha value is -2.08. The van der Waals surface area contributed by atoms with Crippen molar-refractivity contribution in [2.75, 3.05) is 12.3 Å². The first-order valence-corrected chi connectivity index (χ1v) is 9.82. The molecule has 0 unspecified atom stereocenters. The van der Waals surface area contributed by atoms with Gasteiger partial charge in [-0.2, -0.15) is 0 Å². The van der Waals surface area contributed by atoms with Gasteiger partial charge in [-0.25, -0.2) is 8.42 Å². The van der Waals surface area contributed by atoms with Gasteiger partial charge in [0.25, 0.3) is 0 Å². The standard InChI is InChI=1S/C18H21NO4S/c20-18(19-11-9-17-15(14-19)10-12-23-17)8-4-5-13-24(21,22)16-6-2-1-3-7-16/h1-3,6-7,10,12H,4-5,8-9,11,13-14H2. The fourth-order valence-electron chi connectivity index (χ4n) is 2.93. The fourth-order valence-corrected chi connectivity index (χ4v) is 4.33. The van der Waals surface area contributed by atoms with Crippen molar-refractivity contribution in [2.45, 2.75) is 37.1 Å². The lowest BCUT2D eigenvalue weighted by atomic mass is 10.1. The molecule has 24 heavy (non-hydrogen) atoms. The van der Waals surface area contributed by atoms with Gasteiger partial charge in [-0.3, -0.25) is 4.79 Å². The van der Waals surface area contributed by atoms with Gasteiger partial charge in [0.2, 0.25) is 5.91 Å². The van der Waals surface area contributed by atoms with E-state index in [0.29, 0.717) is 37.2 Å². The first kappa shape index (κ1) is 16.8. The molecule has 0 bridgehead atoms. The topological polar surface area (TPSA) is 67.6 Å². The third-order valence-electron chi connectivity index (χ3n) is 4.32. The van der Waals surface area contributed by atoms with Crippen molar-refractivity contribution in [3.05, 3.63) is 54.0 Å². The normalized spacial score (nSPS) is 14.4. The van der Waals surface area contributed by atoms with Gasteiger partial charge in [-0.15, -0.1) is 0 Å². The van der Waals surface area contributed by atoms with Crippen LogP contribution in [0.2, 0.25) is 0 Å². The lowest BCUT2D eigenvalue weighted by molar-refractivity contribution is -0.132. The van der Waals surface area contributed by atoms with E-state index in [4.69, 9.17) is 4.42 Å². The molecule has 0 saturated carbocycles. The summed E-state index contributed by atoms with van der Waals surface area (Å²) in [5.41, 5.74) is 1.07. The fraction of sp³-hybridized carbons (Fsp3) is 0.389. The summed E-state index contributed by atoms with van der Waals surface area (Å²) >= 11 is 0. The number of hydrogen-bond acceptors (Lipinski definition) is 4. The zero-order valence-corrected chi connectivity index (χ0v) is 14.3. The van der Waals surface area contributed by atoms with Crippen LogP contribution < -0.4 is 0 Å². The van der Waals surface area contributed by atoms with Crippen molar-refractivity contribution in [3.8, 4) is 0 Å². The van der Waals surface area contributed by atoms with Crippen molar-refractivity contribution in [3.63, 3.8) is 0 Å². The third-order valence-corrected chi connectivity index (χ3v) is 6.13. The predicted molar refractivity (Wildman–Crippen MR) is 90.2 cm³/mol. The molecular formula is C18H21NO4S. The second-order valence-electron chi connectivity index (χ2n) is 6.02. The minimum atomic E-state index is -3.25.